The van der Waals surface area contributed by atoms with Gasteiger partial charge in [-0.2, -0.15) is 0 Å². The lowest BCUT2D eigenvalue weighted by molar-refractivity contribution is -0.121. The molecule has 1 amide bonds. The van der Waals surface area contributed by atoms with Gasteiger partial charge in [-0.05, 0) is 20.8 Å². The first-order valence-electron chi connectivity index (χ1n) is 9.55. The fraction of sp³-hybridized carbons (Fsp3) is 0.524. The van der Waals surface area contributed by atoms with Crippen LogP contribution in [0.25, 0.3) is 11.3 Å². The number of benzene rings is 1. The minimum atomic E-state index is -0.0824. The highest BCUT2D eigenvalue weighted by Gasteiger charge is 2.28. The molecule has 6 nitrogen and oxygen atoms in total. The van der Waals surface area contributed by atoms with E-state index in [1.807, 2.05) is 24.3 Å². The molecule has 1 aromatic heterocycles. The van der Waals surface area contributed by atoms with Crippen LogP contribution in [0.3, 0.4) is 0 Å². The number of nitrogens with one attached hydrogen (secondary N) is 1. The van der Waals surface area contributed by atoms with Gasteiger partial charge in [0, 0.05) is 43.6 Å². The van der Waals surface area contributed by atoms with Crippen LogP contribution in [0.2, 0.25) is 0 Å². The van der Waals surface area contributed by atoms with Crippen molar-refractivity contribution in [1.82, 2.24) is 15.2 Å². The van der Waals surface area contributed by atoms with Gasteiger partial charge in [0.2, 0.25) is 5.91 Å². The van der Waals surface area contributed by atoms with Crippen molar-refractivity contribution >= 4 is 5.91 Å². The van der Waals surface area contributed by atoms with E-state index < -0.39 is 0 Å². The van der Waals surface area contributed by atoms with Crippen molar-refractivity contribution < 1.29 is 13.9 Å². The number of hydrogen-bond donors (Lipinski definition) is 1. The Kier molecular flexibility index (Phi) is 6.29. The van der Waals surface area contributed by atoms with Crippen molar-refractivity contribution in [3.63, 3.8) is 0 Å². The molecule has 1 aromatic carbocycles. The number of rotatable bonds is 7. The van der Waals surface area contributed by atoms with E-state index in [-0.39, 0.29) is 11.4 Å². The summed E-state index contributed by atoms with van der Waals surface area (Å²) < 4.78 is 11.2. The van der Waals surface area contributed by atoms with Crippen molar-refractivity contribution in [3.05, 3.63) is 41.9 Å². The highest BCUT2D eigenvalue weighted by atomic mass is 16.5. The van der Waals surface area contributed by atoms with Gasteiger partial charge in [0.15, 0.2) is 11.7 Å². The van der Waals surface area contributed by atoms with E-state index in [1.165, 1.54) is 5.56 Å². The lowest BCUT2D eigenvalue weighted by Crippen LogP contribution is -2.55. The van der Waals surface area contributed by atoms with Crippen LogP contribution in [-0.2, 0) is 16.0 Å². The summed E-state index contributed by atoms with van der Waals surface area (Å²) in [5.74, 6) is 1.35. The summed E-state index contributed by atoms with van der Waals surface area (Å²) in [5.41, 5.74) is 2.12. The minimum Gasteiger partial charge on any atom is -0.441 e. The number of nitrogens with zero attached hydrogens (tertiary/aromatic N) is 2. The summed E-state index contributed by atoms with van der Waals surface area (Å²) >= 11 is 0. The first-order chi connectivity index (χ1) is 12.9. The van der Waals surface area contributed by atoms with Crippen molar-refractivity contribution in [2.24, 2.45) is 0 Å². The Morgan fingerprint density at radius 3 is 2.63 bits per heavy atom. The van der Waals surface area contributed by atoms with Crippen LogP contribution in [0.1, 0.15) is 31.7 Å². The number of hydrogen-bond acceptors (Lipinski definition) is 5. The predicted octanol–water partition coefficient (Wildman–Crippen LogP) is 2.81. The molecule has 2 aromatic rings. The molecule has 0 atom stereocenters. The van der Waals surface area contributed by atoms with Crippen molar-refractivity contribution in [3.8, 4) is 11.3 Å². The number of morpholine rings is 1. The van der Waals surface area contributed by atoms with Gasteiger partial charge < -0.3 is 14.5 Å². The Balaban J connectivity index is 1.46. The smallest absolute Gasteiger partial charge is 0.220 e. The first kappa shape index (κ1) is 19.6. The number of aryl methyl sites for hydroxylation is 2. The van der Waals surface area contributed by atoms with Gasteiger partial charge in [0.1, 0.15) is 0 Å². The lowest BCUT2D eigenvalue weighted by atomic mass is 10.0. The van der Waals surface area contributed by atoms with E-state index in [0.717, 1.165) is 37.6 Å². The van der Waals surface area contributed by atoms with Crippen LogP contribution in [0, 0.1) is 6.92 Å². The molecule has 0 radical (unpaired) electrons. The Morgan fingerprint density at radius 2 is 1.93 bits per heavy atom. The molecule has 2 heterocycles. The quantitative estimate of drug-likeness (QED) is 0.811. The molecule has 0 aliphatic carbocycles. The molecule has 6 heteroatoms. The Hall–Kier alpha value is -2.18. The zero-order valence-electron chi connectivity index (χ0n) is 16.5. The van der Waals surface area contributed by atoms with E-state index in [4.69, 9.17) is 9.15 Å². The molecule has 27 heavy (non-hydrogen) atoms. The zero-order valence-corrected chi connectivity index (χ0v) is 16.5. The molecule has 146 valence electrons. The van der Waals surface area contributed by atoms with Crippen LogP contribution in [0.15, 0.2) is 34.9 Å². The van der Waals surface area contributed by atoms with E-state index in [9.17, 15) is 4.79 Å². The first-order valence-corrected chi connectivity index (χ1v) is 9.55. The number of aromatic nitrogens is 1. The number of oxazole rings is 1. The summed E-state index contributed by atoms with van der Waals surface area (Å²) in [6.07, 6.45) is 2.59. The molecule has 3 rings (SSSR count). The Morgan fingerprint density at radius 1 is 1.22 bits per heavy atom. The third kappa shape index (κ3) is 5.40. The van der Waals surface area contributed by atoms with Gasteiger partial charge >= 0.3 is 0 Å². The molecular formula is C21H29N3O3. The number of amides is 1. The normalized spacial score (nSPS) is 15.7. The maximum Gasteiger partial charge on any atom is 0.220 e. The molecule has 1 fully saturated rings. The molecular weight excluding hydrogens is 342 g/mol. The van der Waals surface area contributed by atoms with Gasteiger partial charge in [-0.15, -0.1) is 0 Å². The highest BCUT2D eigenvalue weighted by Crippen LogP contribution is 2.21. The Labute approximate surface area is 160 Å². The average Bonchev–Trinajstić information content (AvgIpc) is 3.15. The topological polar surface area (TPSA) is 67.6 Å². The second-order valence-corrected chi connectivity index (χ2v) is 7.67. The third-order valence-electron chi connectivity index (χ3n) is 5.04. The van der Waals surface area contributed by atoms with Crippen molar-refractivity contribution in [2.45, 2.75) is 39.2 Å². The van der Waals surface area contributed by atoms with Crippen LogP contribution < -0.4 is 5.32 Å². The molecule has 0 saturated carbocycles. The SMILES string of the molecule is Cc1ccc(-c2cnc(CCC(=O)NCC(C)(C)N3CCOCC3)o2)cc1. The average molecular weight is 371 g/mol. The van der Waals surface area contributed by atoms with Gasteiger partial charge in [-0.1, -0.05) is 29.8 Å². The maximum absolute atomic E-state index is 12.2. The summed E-state index contributed by atoms with van der Waals surface area (Å²) in [4.78, 5) is 18.9. The number of carbonyl (C=O) groups is 1. The van der Waals surface area contributed by atoms with E-state index in [2.05, 4.69) is 36.0 Å². The number of ether oxygens (including phenoxy) is 1. The predicted molar refractivity (Wildman–Crippen MR) is 104 cm³/mol. The summed E-state index contributed by atoms with van der Waals surface area (Å²) in [5, 5.41) is 3.04. The zero-order chi connectivity index (χ0) is 19.3. The molecule has 0 spiro atoms. The summed E-state index contributed by atoms with van der Waals surface area (Å²) in [7, 11) is 0. The van der Waals surface area contributed by atoms with Gasteiger partial charge in [0.25, 0.3) is 0 Å². The third-order valence-corrected chi connectivity index (χ3v) is 5.04. The molecule has 1 aliphatic heterocycles. The van der Waals surface area contributed by atoms with E-state index >= 15 is 0 Å². The minimum absolute atomic E-state index is 0.0198. The second kappa shape index (κ2) is 8.67. The van der Waals surface area contributed by atoms with Crippen LogP contribution in [0.5, 0.6) is 0 Å². The summed E-state index contributed by atoms with van der Waals surface area (Å²) in [6.45, 7) is 10.3. The van der Waals surface area contributed by atoms with Crippen LogP contribution in [0.4, 0.5) is 0 Å². The fourth-order valence-corrected chi connectivity index (χ4v) is 3.18. The van der Waals surface area contributed by atoms with Gasteiger partial charge in [-0.3, -0.25) is 9.69 Å². The fourth-order valence-electron chi connectivity index (χ4n) is 3.18. The molecule has 0 unspecified atom stereocenters. The maximum atomic E-state index is 12.2. The van der Waals surface area contributed by atoms with Crippen molar-refractivity contribution in [2.75, 3.05) is 32.8 Å². The van der Waals surface area contributed by atoms with Gasteiger partial charge in [-0.25, -0.2) is 4.98 Å². The molecule has 1 saturated heterocycles. The monoisotopic (exact) mass is 371 g/mol. The Bertz CT molecular complexity index is 746. The largest absolute Gasteiger partial charge is 0.441 e. The van der Waals surface area contributed by atoms with Crippen molar-refractivity contribution in [1.29, 1.82) is 0 Å². The lowest BCUT2D eigenvalue weighted by Gasteiger charge is -2.40. The molecule has 0 bridgehead atoms. The van der Waals surface area contributed by atoms with E-state index in [0.29, 0.717) is 25.3 Å². The van der Waals surface area contributed by atoms with E-state index in [1.54, 1.807) is 6.20 Å². The highest BCUT2D eigenvalue weighted by molar-refractivity contribution is 5.76. The molecule has 1 aliphatic rings. The van der Waals surface area contributed by atoms with Crippen LogP contribution in [-0.4, -0.2) is 54.2 Å². The van der Waals surface area contributed by atoms with Gasteiger partial charge in [0.05, 0.1) is 19.4 Å². The second-order valence-electron chi connectivity index (χ2n) is 7.67. The van der Waals surface area contributed by atoms with Crippen LogP contribution >= 0.6 is 0 Å². The molecule has 1 N–H and O–H groups in total. The summed E-state index contributed by atoms with van der Waals surface area (Å²) in [6, 6.07) is 8.11. The number of carbonyl (C=O) groups excluding carboxylic acids is 1. The standard InChI is InChI=1S/C21H29N3O3/c1-16-4-6-17(7-5-16)18-14-22-20(27-18)9-8-19(25)23-15-21(2,3)24-10-12-26-13-11-24/h4-7,14H,8-13,15H2,1-3H3,(H,23,25).